The maximum atomic E-state index is 2.31. The highest BCUT2D eigenvalue weighted by molar-refractivity contribution is 7.72. The molecule has 4 aromatic carbocycles. The lowest BCUT2D eigenvalue weighted by molar-refractivity contribution is 1.14. The molecule has 0 unspecified atom stereocenters. The van der Waals surface area contributed by atoms with Crippen molar-refractivity contribution in [2.75, 3.05) is 0 Å². The van der Waals surface area contributed by atoms with Gasteiger partial charge in [0.05, 0.1) is 0 Å². The quantitative estimate of drug-likeness (QED) is 0.348. The monoisotopic (exact) mass is 380 g/mol. The zero-order chi connectivity index (χ0) is 19.2. The van der Waals surface area contributed by atoms with Crippen LogP contribution in [0.2, 0.25) is 0 Å². The van der Waals surface area contributed by atoms with Crippen molar-refractivity contribution in [2.45, 2.75) is 19.5 Å². The van der Waals surface area contributed by atoms with Crippen LogP contribution in [0.4, 0.5) is 0 Å². The van der Waals surface area contributed by atoms with Gasteiger partial charge in [0, 0.05) is 6.16 Å². The normalized spacial score (nSPS) is 10.9. The van der Waals surface area contributed by atoms with Crippen molar-refractivity contribution in [3.05, 3.63) is 131 Å². The summed E-state index contributed by atoms with van der Waals surface area (Å²) >= 11 is 0. The van der Waals surface area contributed by atoms with Crippen LogP contribution in [0, 0.1) is 6.92 Å². The van der Waals surface area contributed by atoms with Crippen LogP contribution in [0.25, 0.3) is 0 Å². The predicted octanol–water partition coefficient (Wildman–Crippen LogP) is 6.22. The third kappa shape index (κ3) is 4.58. The zero-order valence-electron chi connectivity index (χ0n) is 16.3. The first-order valence-electron chi connectivity index (χ1n) is 9.79. The van der Waals surface area contributed by atoms with E-state index in [0.717, 1.165) is 12.6 Å². The standard InChI is InChI=1S/C27H25P/c1-22-16-18-23(19-17-22)20-24-10-8-9-11-25(24)21-28(26-12-4-2-5-13-26)27-14-6-3-7-15-27/h2-19H,20-21H2,1H3. The molecule has 0 saturated carbocycles. The summed E-state index contributed by atoms with van der Waals surface area (Å²) in [5.41, 5.74) is 5.59. The smallest absolute Gasteiger partial charge is 0.00103 e. The van der Waals surface area contributed by atoms with Crippen LogP contribution in [-0.4, -0.2) is 0 Å². The Balaban J connectivity index is 1.67. The lowest BCUT2D eigenvalue weighted by atomic mass is 10.00. The van der Waals surface area contributed by atoms with Crippen LogP contribution in [0.1, 0.15) is 22.3 Å². The summed E-state index contributed by atoms with van der Waals surface area (Å²) in [7, 11) is -0.423. The molecule has 4 rings (SSSR count). The van der Waals surface area contributed by atoms with Gasteiger partial charge in [0.15, 0.2) is 0 Å². The van der Waals surface area contributed by atoms with E-state index >= 15 is 0 Å². The maximum absolute atomic E-state index is 2.31. The number of rotatable bonds is 6. The molecule has 0 N–H and O–H groups in total. The van der Waals surface area contributed by atoms with Crippen LogP contribution in [-0.2, 0) is 12.6 Å². The summed E-state index contributed by atoms with van der Waals surface area (Å²) in [5.74, 6) is 0. The van der Waals surface area contributed by atoms with Crippen LogP contribution in [0.5, 0.6) is 0 Å². The molecule has 138 valence electrons. The first-order valence-corrected chi connectivity index (χ1v) is 11.3. The molecule has 0 amide bonds. The fraction of sp³-hybridized carbons (Fsp3) is 0.111. The molecule has 4 aromatic rings. The second kappa shape index (κ2) is 9.00. The molecule has 0 aliphatic heterocycles. The molecule has 0 aromatic heterocycles. The van der Waals surface area contributed by atoms with Crippen molar-refractivity contribution >= 4 is 18.5 Å². The largest absolute Gasteiger partial charge is 0.0622 e. The van der Waals surface area contributed by atoms with Crippen molar-refractivity contribution in [3.63, 3.8) is 0 Å². The predicted molar refractivity (Wildman–Crippen MR) is 123 cm³/mol. The molecule has 28 heavy (non-hydrogen) atoms. The number of benzene rings is 4. The first kappa shape index (κ1) is 18.7. The molecule has 0 aliphatic carbocycles. The molecule has 0 atom stereocenters. The Morgan fingerprint density at radius 2 is 1.04 bits per heavy atom. The molecule has 0 heterocycles. The fourth-order valence-corrected chi connectivity index (χ4v) is 5.90. The summed E-state index contributed by atoms with van der Waals surface area (Å²) in [6.45, 7) is 2.14. The number of hydrogen-bond acceptors (Lipinski definition) is 0. The molecule has 0 bridgehead atoms. The van der Waals surface area contributed by atoms with Crippen molar-refractivity contribution in [1.29, 1.82) is 0 Å². The van der Waals surface area contributed by atoms with Crippen molar-refractivity contribution in [1.82, 2.24) is 0 Å². The van der Waals surface area contributed by atoms with Gasteiger partial charge in [-0.15, -0.1) is 0 Å². The van der Waals surface area contributed by atoms with Gasteiger partial charge in [-0.1, -0.05) is 115 Å². The van der Waals surface area contributed by atoms with Gasteiger partial charge >= 0.3 is 0 Å². The second-order valence-corrected chi connectivity index (χ2v) is 9.39. The Morgan fingerprint density at radius 3 is 1.61 bits per heavy atom. The average Bonchev–Trinajstić information content (AvgIpc) is 2.76. The highest BCUT2D eigenvalue weighted by Gasteiger charge is 2.16. The van der Waals surface area contributed by atoms with Gasteiger partial charge in [-0.2, -0.15) is 0 Å². The van der Waals surface area contributed by atoms with Gasteiger partial charge < -0.3 is 0 Å². The number of hydrogen-bond donors (Lipinski definition) is 0. The van der Waals surface area contributed by atoms with E-state index in [1.54, 1.807) is 0 Å². The van der Waals surface area contributed by atoms with E-state index < -0.39 is 7.92 Å². The van der Waals surface area contributed by atoms with E-state index in [9.17, 15) is 0 Å². The average molecular weight is 380 g/mol. The molecular formula is C27H25P. The second-order valence-electron chi connectivity index (χ2n) is 7.19. The summed E-state index contributed by atoms with van der Waals surface area (Å²) in [5, 5.41) is 2.88. The minimum absolute atomic E-state index is 0.423. The third-order valence-electron chi connectivity index (χ3n) is 5.10. The van der Waals surface area contributed by atoms with Crippen LogP contribution in [0.3, 0.4) is 0 Å². The zero-order valence-corrected chi connectivity index (χ0v) is 17.1. The minimum Gasteiger partial charge on any atom is -0.0622 e. The lowest BCUT2D eigenvalue weighted by Crippen LogP contribution is -2.13. The van der Waals surface area contributed by atoms with Crippen LogP contribution in [0.15, 0.2) is 109 Å². The highest BCUT2D eigenvalue weighted by atomic mass is 31.1. The minimum atomic E-state index is -0.423. The Morgan fingerprint density at radius 1 is 0.536 bits per heavy atom. The van der Waals surface area contributed by atoms with Crippen molar-refractivity contribution in [2.24, 2.45) is 0 Å². The molecule has 1 heteroatoms. The summed E-state index contributed by atoms with van der Waals surface area (Å²) in [6.07, 6.45) is 2.06. The summed E-state index contributed by atoms with van der Waals surface area (Å²) < 4.78 is 0. The summed E-state index contributed by atoms with van der Waals surface area (Å²) in [4.78, 5) is 0. The maximum Gasteiger partial charge on any atom is 0.00103 e. The van der Waals surface area contributed by atoms with Gasteiger partial charge in [-0.25, -0.2) is 0 Å². The van der Waals surface area contributed by atoms with Gasteiger partial charge in [0.1, 0.15) is 0 Å². The van der Waals surface area contributed by atoms with Gasteiger partial charge in [0.25, 0.3) is 0 Å². The molecule has 0 fully saturated rings. The third-order valence-corrected chi connectivity index (χ3v) is 7.60. The number of aryl methyl sites for hydroxylation is 1. The van der Waals surface area contributed by atoms with E-state index in [0.29, 0.717) is 0 Å². The molecule has 0 nitrogen and oxygen atoms in total. The van der Waals surface area contributed by atoms with Crippen LogP contribution >= 0.6 is 7.92 Å². The van der Waals surface area contributed by atoms with Gasteiger partial charge in [-0.3, -0.25) is 0 Å². The van der Waals surface area contributed by atoms with Crippen LogP contribution < -0.4 is 10.6 Å². The highest BCUT2D eigenvalue weighted by Crippen LogP contribution is 2.38. The van der Waals surface area contributed by atoms with Crippen molar-refractivity contribution < 1.29 is 0 Å². The molecular weight excluding hydrogens is 355 g/mol. The Bertz CT molecular complexity index is 965. The Labute approximate surface area is 169 Å². The van der Waals surface area contributed by atoms with E-state index in [1.807, 2.05) is 0 Å². The van der Waals surface area contributed by atoms with E-state index in [-0.39, 0.29) is 0 Å². The van der Waals surface area contributed by atoms with E-state index in [1.165, 1.54) is 32.9 Å². The van der Waals surface area contributed by atoms with Gasteiger partial charge in [-0.05, 0) is 48.6 Å². The first-order chi connectivity index (χ1) is 13.8. The fourth-order valence-electron chi connectivity index (χ4n) is 3.53. The SMILES string of the molecule is Cc1ccc(Cc2ccccc2CP(c2ccccc2)c2ccccc2)cc1. The molecule has 0 saturated heterocycles. The Kier molecular flexibility index (Phi) is 6.00. The lowest BCUT2D eigenvalue weighted by Gasteiger charge is -2.21. The van der Waals surface area contributed by atoms with Crippen molar-refractivity contribution in [3.8, 4) is 0 Å². The molecule has 0 spiro atoms. The molecule has 0 radical (unpaired) electrons. The summed E-state index contributed by atoms with van der Waals surface area (Å²) in [6, 6.07) is 39.8. The van der Waals surface area contributed by atoms with E-state index in [2.05, 4.69) is 116 Å². The van der Waals surface area contributed by atoms with Gasteiger partial charge in [0.2, 0.25) is 0 Å². The Hall–Kier alpha value is -2.69. The topological polar surface area (TPSA) is 0 Å². The van der Waals surface area contributed by atoms with E-state index in [4.69, 9.17) is 0 Å². The molecule has 0 aliphatic rings.